The summed E-state index contributed by atoms with van der Waals surface area (Å²) in [5, 5.41) is 26.5. The molecule has 0 aliphatic rings. The van der Waals surface area contributed by atoms with E-state index < -0.39 is 21.2 Å². The van der Waals surface area contributed by atoms with Crippen molar-refractivity contribution in [1.29, 1.82) is 0 Å². The van der Waals surface area contributed by atoms with Crippen molar-refractivity contribution in [3.8, 4) is 0 Å². The molecule has 8 nitrogen and oxygen atoms in total. The Balaban J connectivity index is 2.40. The average Bonchev–Trinajstić information content (AvgIpc) is 2.49. The highest BCUT2D eigenvalue weighted by Crippen LogP contribution is 2.35. The first kappa shape index (κ1) is 16.4. The van der Waals surface area contributed by atoms with Gasteiger partial charge in [0.25, 0.3) is 0 Å². The van der Waals surface area contributed by atoms with Crippen molar-refractivity contribution >= 4 is 34.9 Å². The zero-order chi connectivity index (χ0) is 17.0. The van der Waals surface area contributed by atoms with Crippen LogP contribution in [0.4, 0.5) is 17.1 Å². The van der Waals surface area contributed by atoms with Crippen LogP contribution < -0.4 is 5.43 Å². The minimum atomic E-state index is -0.701. The highest BCUT2D eigenvalue weighted by molar-refractivity contribution is 6.33. The molecule has 0 heterocycles. The van der Waals surface area contributed by atoms with Gasteiger partial charge in [0.2, 0.25) is 5.69 Å². The molecule has 118 valence electrons. The third kappa shape index (κ3) is 3.80. The third-order valence-electron chi connectivity index (χ3n) is 2.92. The molecule has 2 aromatic carbocycles. The largest absolute Gasteiger partial charge is 0.301 e. The summed E-state index contributed by atoms with van der Waals surface area (Å²) in [7, 11) is 0. The Morgan fingerprint density at radius 2 is 1.70 bits per heavy atom. The quantitative estimate of drug-likeness (QED) is 0.506. The molecule has 23 heavy (non-hydrogen) atoms. The number of nitro groups is 2. The highest BCUT2D eigenvalue weighted by Gasteiger charge is 2.25. The summed E-state index contributed by atoms with van der Waals surface area (Å²) in [6.07, 6.45) is 1.33. The first-order valence-corrected chi connectivity index (χ1v) is 6.75. The Morgan fingerprint density at radius 3 is 2.22 bits per heavy atom. The van der Waals surface area contributed by atoms with E-state index in [4.69, 9.17) is 11.6 Å². The van der Waals surface area contributed by atoms with Crippen LogP contribution in [0.3, 0.4) is 0 Å². The van der Waals surface area contributed by atoms with E-state index in [0.29, 0.717) is 16.1 Å². The predicted molar refractivity (Wildman–Crippen MR) is 87.2 cm³/mol. The lowest BCUT2D eigenvalue weighted by atomic mass is 10.1. The van der Waals surface area contributed by atoms with Gasteiger partial charge in [0.05, 0.1) is 16.1 Å². The Bertz CT molecular complexity index is 772. The number of hydrogen-bond donors (Lipinski definition) is 1. The van der Waals surface area contributed by atoms with Gasteiger partial charge in [-0.05, 0) is 18.6 Å². The van der Waals surface area contributed by atoms with Crippen LogP contribution in [-0.4, -0.2) is 16.1 Å². The van der Waals surface area contributed by atoms with Crippen molar-refractivity contribution in [3.63, 3.8) is 0 Å². The van der Waals surface area contributed by atoms with Crippen molar-refractivity contribution < 1.29 is 9.85 Å². The third-order valence-corrected chi connectivity index (χ3v) is 3.26. The van der Waals surface area contributed by atoms with E-state index in [1.54, 1.807) is 24.3 Å². The minimum Gasteiger partial charge on any atom is -0.266 e. The summed E-state index contributed by atoms with van der Waals surface area (Å²) in [5.41, 5.74) is 2.22. The minimum absolute atomic E-state index is 0.283. The lowest BCUT2D eigenvalue weighted by Crippen LogP contribution is -2.02. The number of nitrogens with zero attached hydrogens (tertiary/aromatic N) is 3. The lowest BCUT2D eigenvalue weighted by molar-refractivity contribution is -0.392. The number of rotatable bonds is 5. The van der Waals surface area contributed by atoms with E-state index in [0.717, 1.165) is 0 Å². The zero-order valence-electron chi connectivity index (χ0n) is 11.9. The molecule has 0 aliphatic carbocycles. The number of anilines is 1. The second-order valence-electron chi connectivity index (χ2n) is 4.58. The maximum absolute atomic E-state index is 11.1. The van der Waals surface area contributed by atoms with Crippen LogP contribution in [0.15, 0.2) is 41.5 Å². The Hall–Kier alpha value is -3.00. The monoisotopic (exact) mass is 334 g/mol. The van der Waals surface area contributed by atoms with Crippen molar-refractivity contribution in [2.24, 2.45) is 5.10 Å². The fraction of sp³-hybridized carbons (Fsp3) is 0.0714. The molecule has 0 spiro atoms. The standard InChI is InChI=1S/C14H11ClN4O4/c1-9-6-12(18(20)21)14(13(7-9)19(22)23)17-16-8-10-4-2-3-5-11(10)15/h2-8,17H,1H3/b16-8+. The van der Waals surface area contributed by atoms with Gasteiger partial charge in [0.1, 0.15) is 0 Å². The van der Waals surface area contributed by atoms with Gasteiger partial charge in [-0.15, -0.1) is 0 Å². The van der Waals surface area contributed by atoms with E-state index in [1.165, 1.54) is 25.3 Å². The normalized spacial score (nSPS) is 10.7. The second-order valence-corrected chi connectivity index (χ2v) is 4.99. The maximum atomic E-state index is 11.1. The van der Waals surface area contributed by atoms with Crippen molar-refractivity contribution in [3.05, 3.63) is 72.8 Å². The molecule has 0 saturated carbocycles. The van der Waals surface area contributed by atoms with Crippen LogP contribution in [0.5, 0.6) is 0 Å². The summed E-state index contributed by atoms with van der Waals surface area (Å²) in [6, 6.07) is 9.29. The molecule has 0 radical (unpaired) electrons. The summed E-state index contributed by atoms with van der Waals surface area (Å²) in [6.45, 7) is 1.54. The van der Waals surface area contributed by atoms with E-state index in [9.17, 15) is 20.2 Å². The van der Waals surface area contributed by atoms with Crippen LogP contribution in [0.1, 0.15) is 11.1 Å². The molecule has 1 N–H and O–H groups in total. The van der Waals surface area contributed by atoms with Crippen LogP contribution >= 0.6 is 11.6 Å². The molecule has 2 rings (SSSR count). The first-order valence-electron chi connectivity index (χ1n) is 6.37. The smallest absolute Gasteiger partial charge is 0.266 e. The molecule has 2 aromatic rings. The van der Waals surface area contributed by atoms with Gasteiger partial charge in [-0.25, -0.2) is 0 Å². The molecule has 9 heteroatoms. The molecule has 0 bridgehead atoms. The predicted octanol–water partition coefficient (Wildman–Crippen LogP) is 3.91. The highest BCUT2D eigenvalue weighted by atomic mass is 35.5. The molecular weight excluding hydrogens is 324 g/mol. The first-order chi connectivity index (χ1) is 10.9. The van der Waals surface area contributed by atoms with E-state index in [1.807, 2.05) is 0 Å². The van der Waals surface area contributed by atoms with Gasteiger partial charge in [-0.2, -0.15) is 5.10 Å². The molecular formula is C14H11ClN4O4. The molecule has 0 atom stereocenters. The van der Waals surface area contributed by atoms with Gasteiger partial charge in [-0.1, -0.05) is 29.8 Å². The van der Waals surface area contributed by atoms with Gasteiger partial charge in [0, 0.05) is 22.7 Å². The number of halogens is 1. The van der Waals surface area contributed by atoms with Gasteiger partial charge >= 0.3 is 11.4 Å². The molecule has 0 saturated heterocycles. The van der Waals surface area contributed by atoms with Crippen molar-refractivity contribution in [1.82, 2.24) is 0 Å². The van der Waals surface area contributed by atoms with Crippen LogP contribution in [0.2, 0.25) is 5.02 Å². The van der Waals surface area contributed by atoms with E-state index in [-0.39, 0.29) is 5.69 Å². The van der Waals surface area contributed by atoms with Crippen LogP contribution in [-0.2, 0) is 0 Å². The number of hydrazone groups is 1. The Morgan fingerprint density at radius 1 is 1.13 bits per heavy atom. The molecule has 0 fully saturated rings. The Kier molecular flexibility index (Phi) is 4.87. The summed E-state index contributed by atoms with van der Waals surface area (Å²) in [4.78, 5) is 20.8. The van der Waals surface area contributed by atoms with Crippen LogP contribution in [0.25, 0.3) is 0 Å². The summed E-state index contributed by atoms with van der Waals surface area (Å²) in [5.74, 6) is 0. The maximum Gasteiger partial charge on any atom is 0.301 e. The fourth-order valence-electron chi connectivity index (χ4n) is 1.90. The van der Waals surface area contributed by atoms with E-state index in [2.05, 4.69) is 10.5 Å². The average molecular weight is 335 g/mol. The van der Waals surface area contributed by atoms with Crippen molar-refractivity contribution in [2.45, 2.75) is 6.92 Å². The van der Waals surface area contributed by atoms with E-state index >= 15 is 0 Å². The lowest BCUT2D eigenvalue weighted by Gasteiger charge is -2.05. The number of hydrogen-bond acceptors (Lipinski definition) is 6. The van der Waals surface area contributed by atoms with Gasteiger partial charge in [0.15, 0.2) is 0 Å². The second kappa shape index (κ2) is 6.84. The summed E-state index contributed by atoms with van der Waals surface area (Å²) >= 11 is 5.95. The summed E-state index contributed by atoms with van der Waals surface area (Å²) < 4.78 is 0. The van der Waals surface area contributed by atoms with Crippen molar-refractivity contribution in [2.75, 3.05) is 5.43 Å². The number of nitrogens with one attached hydrogen (secondary N) is 1. The molecule has 0 aliphatic heterocycles. The van der Waals surface area contributed by atoms with Gasteiger partial charge in [-0.3, -0.25) is 25.7 Å². The number of benzene rings is 2. The Labute approximate surface area is 135 Å². The molecule has 0 aromatic heterocycles. The van der Waals surface area contributed by atoms with Gasteiger partial charge < -0.3 is 0 Å². The number of nitro benzene ring substituents is 2. The fourth-order valence-corrected chi connectivity index (χ4v) is 2.08. The van der Waals surface area contributed by atoms with Crippen LogP contribution in [0, 0.1) is 27.2 Å². The molecule has 0 unspecified atom stereocenters. The zero-order valence-corrected chi connectivity index (χ0v) is 12.6. The topological polar surface area (TPSA) is 111 Å². The SMILES string of the molecule is Cc1cc([N+](=O)[O-])c(N/N=C/c2ccccc2Cl)c([N+](=O)[O-])c1. The number of aryl methyl sites for hydroxylation is 1. The molecule has 0 amide bonds.